The number of rotatable bonds is 24. The van der Waals surface area contributed by atoms with E-state index in [1.807, 2.05) is 176 Å². The van der Waals surface area contributed by atoms with Crippen LogP contribution in [0.5, 0.6) is 0 Å². The molecule has 0 saturated carbocycles. The zero-order valence-corrected chi connectivity index (χ0v) is 75.4. The highest BCUT2D eigenvalue weighted by Gasteiger charge is 2.28. The maximum absolute atomic E-state index is 13.2. The number of pyridine rings is 10. The van der Waals surface area contributed by atoms with Gasteiger partial charge in [-0.3, -0.25) is 47.9 Å². The number of fused-ring (bicyclic) bond motifs is 5. The van der Waals surface area contributed by atoms with Crippen molar-refractivity contribution < 1.29 is 57.0 Å². The van der Waals surface area contributed by atoms with Crippen molar-refractivity contribution in [3.8, 4) is 6.07 Å². The van der Waals surface area contributed by atoms with Crippen molar-refractivity contribution in [2.45, 2.75) is 32.1 Å². The molecule has 0 radical (unpaired) electrons. The summed E-state index contributed by atoms with van der Waals surface area (Å²) in [4.78, 5) is 145. The van der Waals surface area contributed by atoms with Crippen LogP contribution in [0.25, 0.3) is 33.3 Å². The molecule has 0 aliphatic carbocycles. The number of nitrogens with one attached hydrogen (secondary N) is 5. The zero-order valence-electron chi connectivity index (χ0n) is 74.6. The number of anilines is 5. The van der Waals surface area contributed by atoms with Gasteiger partial charge in [-0.15, -0.1) is 0 Å². The van der Waals surface area contributed by atoms with Crippen LogP contribution >= 0.6 is 11.6 Å². The summed E-state index contributed by atoms with van der Waals surface area (Å²) >= 11 is 5.96. The van der Waals surface area contributed by atoms with E-state index < -0.39 is 58.4 Å². The van der Waals surface area contributed by atoms with E-state index in [4.69, 9.17) is 16.9 Å². The number of benzene rings is 5. The van der Waals surface area contributed by atoms with Crippen molar-refractivity contribution >= 4 is 127 Å². The van der Waals surface area contributed by atoms with Crippen LogP contribution in [-0.4, -0.2) is 105 Å². The topological polar surface area (TPSA) is 361 Å². The van der Waals surface area contributed by atoms with Crippen molar-refractivity contribution in [1.82, 2.24) is 46.9 Å². The van der Waals surface area contributed by atoms with Crippen molar-refractivity contribution in [1.29, 1.82) is 5.26 Å². The predicted molar refractivity (Wildman–Crippen MR) is 532 cm³/mol. The lowest BCUT2D eigenvalue weighted by molar-refractivity contribution is -0.113. The molecule has 15 aromatic heterocycles. The number of aliphatic hydroxyl groups excluding tert-OH is 1. The van der Waals surface area contributed by atoms with E-state index in [0.717, 1.165) is 56.3 Å². The Morgan fingerprint density at radius 3 is 0.872 bits per heavy atom. The third-order valence-electron chi connectivity index (χ3n) is 22.2. The van der Waals surface area contributed by atoms with Crippen LogP contribution in [0.4, 0.5) is 37.9 Å². The van der Waals surface area contributed by atoms with Gasteiger partial charge in [-0.25, -0.2) is 33.7 Å². The molecule has 0 atom stereocenters. The highest BCUT2D eigenvalue weighted by atomic mass is 35.5. The molecular formula is C111H81ClF2N16O11. The van der Waals surface area contributed by atoms with Crippen LogP contribution in [-0.2, 0) is 56.1 Å². The summed E-state index contributed by atoms with van der Waals surface area (Å²) in [6.07, 6.45) is 19.6. The number of nitriles is 1. The monoisotopic (exact) mass is 1890 g/mol. The summed E-state index contributed by atoms with van der Waals surface area (Å²) in [5.41, 5.74) is 14.1. The smallest absolute Gasteiger partial charge is 0.298 e. The Morgan fingerprint density at radius 2 is 0.567 bits per heavy atom. The second-order valence-electron chi connectivity index (χ2n) is 31.8. The minimum Gasteiger partial charge on any atom is -0.503 e. The van der Waals surface area contributed by atoms with Gasteiger partial charge in [0.15, 0.2) is 11.2 Å². The maximum Gasteiger partial charge on any atom is 0.298 e. The van der Waals surface area contributed by atoms with Gasteiger partial charge in [0.05, 0.1) is 61.5 Å². The second kappa shape index (κ2) is 44.8. The SMILES string of the molecule is N#Cc1ccc(Cc2cc(C(=O)C(=O)Nc3ccccn3)c3ccccn23)cc1.O=C(Nc1ccccn1)C(=O)c1cc(Cc2ccc(Cl)cc2)n2ccccc12.O=C(Nc1ccccn1)C(=O)c1cc(Cc2ccc(F)cc2)n2ccccc12.O=C(Nc1ccccn1)C(=O)c1cc(Cc2ccccc2)n2ccccc12.O=C(Nc1ccccn1)C(O)=c1cc(Cc2ccc(F)cc2)n2ccc(=O)cc12. The van der Waals surface area contributed by atoms with Crippen molar-refractivity contribution in [2.75, 3.05) is 26.6 Å². The molecule has 20 aromatic rings. The highest BCUT2D eigenvalue weighted by Crippen LogP contribution is 2.28. The molecule has 27 nitrogen and oxygen atoms in total. The molecule has 30 heteroatoms. The molecule has 0 aliphatic rings. The van der Waals surface area contributed by atoms with Crippen LogP contribution in [0, 0.1) is 23.0 Å². The van der Waals surface area contributed by atoms with E-state index in [2.05, 4.69) is 57.6 Å². The molecule has 6 N–H and O–H groups in total. The fourth-order valence-electron chi connectivity index (χ4n) is 15.5. The first-order valence-corrected chi connectivity index (χ1v) is 44.3. The molecule has 20 rings (SSSR count). The Balaban J connectivity index is 0.000000127. The second-order valence-corrected chi connectivity index (χ2v) is 32.2. The van der Waals surface area contributed by atoms with E-state index in [0.29, 0.717) is 122 Å². The van der Waals surface area contributed by atoms with E-state index in [-0.39, 0.29) is 22.3 Å². The molecule has 141 heavy (non-hydrogen) atoms. The quantitative estimate of drug-likeness (QED) is 0.0242. The Labute approximate surface area is 807 Å². The Hall–Kier alpha value is -19.2. The van der Waals surface area contributed by atoms with E-state index >= 15 is 0 Å². The summed E-state index contributed by atoms with van der Waals surface area (Å²) in [7, 11) is 0. The molecule has 0 aliphatic heterocycles. The van der Waals surface area contributed by atoms with Gasteiger partial charge in [0.2, 0.25) is 0 Å². The zero-order chi connectivity index (χ0) is 98.3. The summed E-state index contributed by atoms with van der Waals surface area (Å²) in [6.45, 7) is 0. The number of nitrogens with zero attached hydrogens (tertiary/aromatic N) is 11. The van der Waals surface area contributed by atoms with Crippen LogP contribution in [0.15, 0.2) is 400 Å². The number of carbonyl (C=O) groups is 9. The van der Waals surface area contributed by atoms with Gasteiger partial charge >= 0.3 is 0 Å². The Morgan fingerprint density at radius 1 is 0.298 bits per heavy atom. The molecule has 0 spiro atoms. The van der Waals surface area contributed by atoms with Crippen molar-refractivity contribution in [2.24, 2.45) is 0 Å². The van der Waals surface area contributed by atoms with Crippen LogP contribution in [0.1, 0.15) is 103 Å². The molecule has 15 heterocycles. The number of carbonyl (C=O) groups excluding carboxylic acids is 9. The number of hydrogen-bond donors (Lipinski definition) is 6. The molecule has 0 unspecified atom stereocenters. The first kappa shape index (κ1) is 95.0. The molecule has 0 bridgehead atoms. The minimum absolute atomic E-state index is 0.230. The average molecular weight is 1890 g/mol. The largest absolute Gasteiger partial charge is 0.503 e. The van der Waals surface area contributed by atoms with Crippen molar-refractivity contribution in [3.63, 3.8) is 0 Å². The lowest BCUT2D eigenvalue weighted by atomic mass is 10.1. The number of ketones is 4. The molecule has 5 aromatic carbocycles. The molecule has 0 fully saturated rings. The van der Waals surface area contributed by atoms with E-state index in [9.17, 15) is 61.8 Å². The predicted octanol–water partition coefficient (Wildman–Crippen LogP) is 18.1. The van der Waals surface area contributed by atoms with Crippen LogP contribution in [0.3, 0.4) is 0 Å². The number of hydrogen-bond acceptors (Lipinski definition) is 17. The highest BCUT2D eigenvalue weighted by molar-refractivity contribution is 6.49. The summed E-state index contributed by atoms with van der Waals surface area (Å²) in [5, 5.41) is 33.1. The first-order chi connectivity index (χ1) is 68.6. The third kappa shape index (κ3) is 23.8. The standard InChI is InChI=1S/C23H16N4O2.C22H16ClN3O2.C22H16FN3O3.C22H16FN3O2.C22H17N3O2/c24-15-17-9-7-16(8-10-17)13-18-14-19(20-5-2-4-12-27(18)20)22(28)23(29)26-21-6-1-3-11-25-21;23-16-9-7-15(8-10-16)13-17-14-18(19-5-2-4-12-26(17)19)21(27)22(28)25-20-6-1-3-11-24-20;23-15-6-4-14(5-7-15)11-16-12-18(19-13-17(27)8-10-26(16)19)21(28)22(29)25-20-3-1-2-9-24-20;23-16-9-7-15(8-10-16)13-17-14-18(19-5-2-4-12-26(17)19)21(27)22(28)25-20-6-1-3-11-24-20;26-21(22(27)24-20-11-4-6-12-23-20)18-15-17(14-16-8-2-1-3-9-16)25-13-7-5-10-19(18)25/h1-12,14H,13H2,(H,25,26,29);1-12,14H,13H2,(H,24,25,28);1-10,12-13,28H,11H2,(H,24,25,29);1-12,14H,13H2,(H,24,25,28);1-13,15H,14H2,(H,23,24,27). The van der Waals surface area contributed by atoms with Gasteiger partial charge in [0, 0.05) is 145 Å². The van der Waals surface area contributed by atoms with Gasteiger partial charge in [-0.1, -0.05) is 145 Å². The van der Waals surface area contributed by atoms with Gasteiger partial charge in [-0.05, 0) is 216 Å². The molecule has 5 amide bonds. The lowest BCUT2D eigenvalue weighted by Crippen LogP contribution is -2.23. The van der Waals surface area contributed by atoms with E-state index in [1.165, 1.54) is 48.8 Å². The summed E-state index contributed by atoms with van der Waals surface area (Å²) in [6, 6.07) is 98.2. The van der Waals surface area contributed by atoms with E-state index in [1.54, 1.807) is 193 Å². The number of aromatic nitrogens is 10. The Bertz CT molecular complexity index is 7990. The van der Waals surface area contributed by atoms with Gasteiger partial charge in [0.1, 0.15) is 40.7 Å². The van der Waals surface area contributed by atoms with Gasteiger partial charge in [-0.2, -0.15) is 5.26 Å². The van der Waals surface area contributed by atoms with Gasteiger partial charge < -0.3 is 53.7 Å². The average Bonchev–Trinajstić information content (AvgIpc) is 1.65. The molecule has 0 saturated heterocycles. The van der Waals surface area contributed by atoms with Crippen LogP contribution < -0.4 is 37.2 Å². The fraction of sp³-hybridized carbons (Fsp3) is 0.0450. The Kier molecular flexibility index (Phi) is 30.1. The number of halogens is 3. The van der Waals surface area contributed by atoms with Crippen molar-refractivity contribution in [3.05, 3.63) is 512 Å². The fourth-order valence-corrected chi connectivity index (χ4v) is 15.7. The maximum atomic E-state index is 13.2. The number of amides is 5. The minimum atomic E-state index is -0.747. The number of Topliss-reactive ketones (excluding diaryl/α,β-unsaturated/α-hetero) is 4. The molecule has 692 valence electrons. The third-order valence-corrected chi connectivity index (χ3v) is 22.5. The van der Waals surface area contributed by atoms with Crippen LogP contribution in [0.2, 0.25) is 5.02 Å². The normalized spacial score (nSPS) is 10.9. The summed E-state index contributed by atoms with van der Waals surface area (Å²) in [5.74, 6) is -5.59. The lowest BCUT2D eigenvalue weighted by Gasteiger charge is -2.03. The van der Waals surface area contributed by atoms with Gasteiger partial charge in [0.25, 0.3) is 52.7 Å². The first-order valence-electron chi connectivity index (χ1n) is 43.9. The summed E-state index contributed by atoms with van der Waals surface area (Å²) < 4.78 is 35.7. The number of aliphatic hydroxyl groups is 1. The molecular weight excluding hydrogens is 1810 g/mol.